The van der Waals surface area contributed by atoms with Gasteiger partial charge in [-0.15, -0.1) is 0 Å². The Hall–Kier alpha value is -5.11. The van der Waals surface area contributed by atoms with Gasteiger partial charge < -0.3 is 15.0 Å². The minimum Gasteiger partial charge on any atom is -0.495 e. The maximum atomic E-state index is 14.7. The molecule has 1 aliphatic carbocycles. The van der Waals surface area contributed by atoms with E-state index < -0.39 is 32.8 Å². The number of sulfone groups is 1. The number of aromatic nitrogens is 4. The molecule has 238 valence electrons. The van der Waals surface area contributed by atoms with Gasteiger partial charge in [-0.25, -0.2) is 27.2 Å². The zero-order valence-corrected chi connectivity index (χ0v) is 26.1. The highest BCUT2D eigenvalue weighted by Crippen LogP contribution is 2.50. The molecule has 6 rings (SSSR count). The summed E-state index contributed by atoms with van der Waals surface area (Å²) in [6, 6.07) is 16.7. The number of halogens is 2. The molecule has 1 saturated carbocycles. The molecule has 0 saturated heterocycles. The van der Waals surface area contributed by atoms with E-state index >= 15 is 0 Å². The van der Waals surface area contributed by atoms with Gasteiger partial charge in [0.2, 0.25) is 17.8 Å². The van der Waals surface area contributed by atoms with Gasteiger partial charge in [0.05, 0.1) is 46.6 Å². The lowest BCUT2D eigenvalue weighted by Crippen LogP contribution is -2.31. The van der Waals surface area contributed by atoms with E-state index in [1.165, 1.54) is 19.2 Å². The van der Waals surface area contributed by atoms with E-state index in [1.54, 1.807) is 36.9 Å². The van der Waals surface area contributed by atoms with Crippen molar-refractivity contribution >= 4 is 50.2 Å². The third-order valence-corrected chi connectivity index (χ3v) is 9.78. The largest absolute Gasteiger partial charge is 0.495 e. The monoisotopic (exact) mass is 647 g/mol. The fraction of sp³-hybridized carbons (Fsp3) is 0.250. The van der Waals surface area contributed by atoms with Crippen molar-refractivity contribution in [3.8, 4) is 5.75 Å². The van der Waals surface area contributed by atoms with Gasteiger partial charge in [0.15, 0.2) is 9.84 Å². The molecule has 46 heavy (non-hydrogen) atoms. The number of imidazole rings is 1. The van der Waals surface area contributed by atoms with Gasteiger partial charge in [-0.05, 0) is 67.4 Å². The van der Waals surface area contributed by atoms with Crippen molar-refractivity contribution in [2.24, 2.45) is 0 Å². The van der Waals surface area contributed by atoms with E-state index in [0.29, 0.717) is 35.6 Å². The number of fused-ring (bicyclic) bond motifs is 1. The molecular formula is C32H31F2N7O4S. The molecule has 1 fully saturated rings. The summed E-state index contributed by atoms with van der Waals surface area (Å²) in [5.41, 5.74) is 0.597. The van der Waals surface area contributed by atoms with Crippen LogP contribution >= 0.6 is 0 Å². The number of benzene rings is 3. The summed E-state index contributed by atoms with van der Waals surface area (Å²) < 4.78 is 60.9. The van der Waals surface area contributed by atoms with Gasteiger partial charge in [0.1, 0.15) is 23.2 Å². The van der Waals surface area contributed by atoms with Crippen molar-refractivity contribution in [2.45, 2.75) is 36.7 Å². The van der Waals surface area contributed by atoms with Crippen molar-refractivity contribution in [3.63, 3.8) is 0 Å². The number of amides is 1. The molecule has 2 heterocycles. The Kier molecular flexibility index (Phi) is 8.06. The van der Waals surface area contributed by atoms with Crippen LogP contribution in [0.4, 0.5) is 32.2 Å². The number of nitrogens with zero attached hydrogens (tertiary/aromatic N) is 5. The third kappa shape index (κ3) is 5.83. The average Bonchev–Trinajstić information content (AvgIpc) is 3.80. The van der Waals surface area contributed by atoms with Gasteiger partial charge in [0.25, 0.3) is 0 Å². The van der Waals surface area contributed by atoms with Crippen LogP contribution in [0.5, 0.6) is 5.75 Å². The zero-order chi connectivity index (χ0) is 32.6. The summed E-state index contributed by atoms with van der Waals surface area (Å²) >= 11 is 0. The summed E-state index contributed by atoms with van der Waals surface area (Å²) in [5, 5.41) is 5.93. The van der Waals surface area contributed by atoms with Crippen LogP contribution in [0.15, 0.2) is 77.8 Å². The lowest BCUT2D eigenvalue weighted by atomic mass is 9.94. The van der Waals surface area contributed by atoms with Crippen LogP contribution in [0.1, 0.15) is 25.3 Å². The topological polar surface area (TPSA) is 131 Å². The number of carbonyl (C=O) groups is 1. The van der Waals surface area contributed by atoms with Crippen molar-refractivity contribution in [2.75, 3.05) is 35.4 Å². The number of rotatable bonds is 11. The molecule has 2 aromatic heterocycles. The van der Waals surface area contributed by atoms with Gasteiger partial charge in [0, 0.05) is 18.8 Å². The van der Waals surface area contributed by atoms with Crippen LogP contribution in [-0.4, -0.2) is 53.8 Å². The number of anilines is 4. The Bertz CT molecular complexity index is 2070. The van der Waals surface area contributed by atoms with Gasteiger partial charge in [-0.2, -0.15) is 4.98 Å². The number of hydrogen-bond donors (Lipinski definition) is 2. The first-order chi connectivity index (χ1) is 22.0. The minimum absolute atomic E-state index is 0.0280. The molecule has 1 aliphatic rings. The highest BCUT2D eigenvalue weighted by atomic mass is 32.2. The second kappa shape index (κ2) is 12.0. The number of nitrogens with one attached hydrogen (secondary N) is 2. The van der Waals surface area contributed by atoms with E-state index in [0.717, 1.165) is 23.7 Å². The Morgan fingerprint density at radius 3 is 2.59 bits per heavy atom. The maximum Gasteiger partial charge on any atom is 0.237 e. The van der Waals surface area contributed by atoms with Gasteiger partial charge >= 0.3 is 0 Å². The first-order valence-corrected chi connectivity index (χ1v) is 16.1. The standard InChI is InChI=1S/C32H31F2N7O4S/c1-4-46(43,44)21-10-12-27(45-3)25(18-21)36-30-35-16-13-28(38-30)40(2)19-41-26-8-6-5-7-24(26)37-31(41)39-29(42)32(14-15-32)22-17-20(33)9-11-23(22)34/h5-13,16-18H,4,14-15,19H2,1-3H3,(H,35,36,38)(H,37,39,42). The van der Waals surface area contributed by atoms with Crippen LogP contribution in [0.2, 0.25) is 0 Å². The molecule has 0 spiro atoms. The fourth-order valence-electron chi connectivity index (χ4n) is 5.32. The molecule has 0 atom stereocenters. The summed E-state index contributed by atoms with van der Waals surface area (Å²) in [6.07, 6.45) is 2.32. The van der Waals surface area contributed by atoms with E-state index in [2.05, 4.69) is 25.6 Å². The Labute approximate surface area is 264 Å². The second-order valence-electron chi connectivity index (χ2n) is 11.0. The normalized spacial score (nSPS) is 13.8. The number of hydrogen-bond acceptors (Lipinski definition) is 9. The Morgan fingerprint density at radius 1 is 1.07 bits per heavy atom. The summed E-state index contributed by atoms with van der Waals surface area (Å²) in [7, 11) is -0.188. The molecule has 0 unspecified atom stereocenters. The predicted octanol–water partition coefficient (Wildman–Crippen LogP) is 5.41. The van der Waals surface area contributed by atoms with E-state index in [1.807, 2.05) is 29.2 Å². The number of ether oxygens (including phenoxy) is 1. The minimum atomic E-state index is -3.46. The average molecular weight is 648 g/mol. The Morgan fingerprint density at radius 2 is 1.85 bits per heavy atom. The van der Waals surface area contributed by atoms with Crippen molar-refractivity contribution in [3.05, 3.63) is 90.1 Å². The first kappa shape index (κ1) is 30.9. The lowest BCUT2D eigenvalue weighted by molar-refractivity contribution is -0.118. The SMILES string of the molecule is CCS(=O)(=O)c1ccc(OC)c(Nc2nccc(N(C)Cn3c(NC(=O)C4(c5cc(F)ccc5F)CC4)nc4ccccc43)n2)c1. The molecule has 11 nitrogen and oxygen atoms in total. The summed E-state index contributed by atoms with van der Waals surface area (Å²) in [4.78, 5) is 29.1. The molecule has 5 aromatic rings. The predicted molar refractivity (Wildman–Crippen MR) is 170 cm³/mol. The number of para-hydroxylation sites is 2. The molecule has 3 aromatic carbocycles. The van der Waals surface area contributed by atoms with E-state index in [4.69, 9.17) is 4.74 Å². The third-order valence-electron chi connectivity index (χ3n) is 8.05. The van der Waals surface area contributed by atoms with Crippen LogP contribution < -0.4 is 20.3 Å². The fourth-order valence-corrected chi connectivity index (χ4v) is 6.22. The summed E-state index contributed by atoms with van der Waals surface area (Å²) in [5.74, 6) is -0.404. The second-order valence-corrected chi connectivity index (χ2v) is 13.3. The van der Waals surface area contributed by atoms with Gasteiger partial charge in [-0.1, -0.05) is 19.1 Å². The number of carbonyl (C=O) groups excluding carboxylic acids is 1. The molecule has 0 radical (unpaired) electrons. The van der Waals surface area contributed by atoms with E-state index in [9.17, 15) is 22.0 Å². The van der Waals surface area contributed by atoms with Gasteiger partial charge in [-0.3, -0.25) is 14.7 Å². The van der Waals surface area contributed by atoms with Crippen molar-refractivity contribution in [1.82, 2.24) is 19.5 Å². The zero-order valence-electron chi connectivity index (χ0n) is 25.3. The molecule has 0 bridgehead atoms. The van der Waals surface area contributed by atoms with Crippen LogP contribution in [0.3, 0.4) is 0 Å². The lowest BCUT2D eigenvalue weighted by Gasteiger charge is -2.22. The summed E-state index contributed by atoms with van der Waals surface area (Å²) in [6.45, 7) is 1.77. The van der Waals surface area contributed by atoms with Crippen molar-refractivity contribution < 1.29 is 26.7 Å². The molecule has 2 N–H and O–H groups in total. The smallest absolute Gasteiger partial charge is 0.237 e. The molecular weight excluding hydrogens is 616 g/mol. The maximum absolute atomic E-state index is 14.7. The number of methoxy groups -OCH3 is 1. The highest BCUT2D eigenvalue weighted by Gasteiger charge is 2.53. The van der Waals surface area contributed by atoms with Crippen LogP contribution in [0.25, 0.3) is 11.0 Å². The van der Waals surface area contributed by atoms with Crippen LogP contribution in [-0.2, 0) is 26.7 Å². The first-order valence-electron chi connectivity index (χ1n) is 14.5. The van der Waals surface area contributed by atoms with Crippen LogP contribution in [0, 0.1) is 11.6 Å². The molecule has 14 heteroatoms. The quantitative estimate of drug-likeness (QED) is 0.193. The van der Waals surface area contributed by atoms with Crippen molar-refractivity contribution in [1.29, 1.82) is 0 Å². The van der Waals surface area contributed by atoms with E-state index in [-0.39, 0.29) is 34.8 Å². The molecule has 1 amide bonds. The molecule has 0 aliphatic heterocycles. The highest BCUT2D eigenvalue weighted by molar-refractivity contribution is 7.91. The Balaban J connectivity index is 1.27.